The average Bonchev–Trinajstić information content (AvgIpc) is 2.28. The number of hydrogen-bond donors (Lipinski definition) is 3. The van der Waals surface area contributed by atoms with Gasteiger partial charge in [0.15, 0.2) is 0 Å². The Balaban J connectivity index is 0.000000399. The second-order valence-electron chi connectivity index (χ2n) is 3.11. The fourth-order valence-electron chi connectivity index (χ4n) is 0.799. The lowest BCUT2D eigenvalue weighted by Gasteiger charge is -1.96. The van der Waals surface area contributed by atoms with Crippen molar-refractivity contribution in [2.24, 2.45) is 11.5 Å². The summed E-state index contributed by atoms with van der Waals surface area (Å²) in [6.45, 7) is 0. The Morgan fingerprint density at radius 1 is 0.895 bits per heavy atom. The van der Waals surface area contributed by atoms with Crippen LogP contribution in [0, 0.1) is 0 Å². The molecule has 0 aromatic heterocycles. The Bertz CT molecular complexity index is 450. The molecule has 0 fully saturated rings. The molecule has 0 aliphatic carbocycles. The normalized spacial score (nSPS) is 10.1. The fourth-order valence-corrected chi connectivity index (χ4v) is 0.799. The number of carboxylic acid groups (broad SMARTS) is 1. The van der Waals surface area contributed by atoms with Crippen molar-refractivity contribution >= 4 is 17.8 Å². The molecule has 19 heavy (non-hydrogen) atoms. The molecule has 0 heterocycles. The zero-order valence-corrected chi connectivity index (χ0v) is 9.27. The number of nitrogens with two attached hydrogens (primary N) is 2. The van der Waals surface area contributed by atoms with Crippen molar-refractivity contribution in [1.29, 1.82) is 0 Å². The van der Waals surface area contributed by atoms with Crippen molar-refractivity contribution in [2.75, 3.05) is 0 Å². The number of rotatable bonds is 2. The SMILES string of the molecule is NC(=O)c1ccc(C(N)=O)cc1.O=C(O)C(F)(F)F. The Labute approximate surface area is 104 Å². The average molecular weight is 278 g/mol. The number of halogens is 3. The second kappa shape index (κ2) is 6.38. The highest BCUT2D eigenvalue weighted by Crippen LogP contribution is 2.13. The lowest BCUT2D eigenvalue weighted by molar-refractivity contribution is -0.192. The molecule has 0 atom stereocenters. The van der Waals surface area contributed by atoms with Crippen LogP contribution in [0.3, 0.4) is 0 Å². The summed E-state index contributed by atoms with van der Waals surface area (Å²) in [5.41, 5.74) is 10.7. The van der Waals surface area contributed by atoms with Crippen LogP contribution in [0.5, 0.6) is 0 Å². The van der Waals surface area contributed by atoms with E-state index < -0.39 is 24.0 Å². The maximum absolute atomic E-state index is 10.6. The number of benzene rings is 1. The van der Waals surface area contributed by atoms with Gasteiger partial charge in [0.05, 0.1) is 0 Å². The summed E-state index contributed by atoms with van der Waals surface area (Å²) in [5.74, 6) is -3.80. The van der Waals surface area contributed by atoms with Crippen LogP contribution in [-0.2, 0) is 4.79 Å². The number of primary amides is 2. The van der Waals surface area contributed by atoms with Crippen molar-refractivity contribution in [3.8, 4) is 0 Å². The van der Waals surface area contributed by atoms with Crippen LogP contribution in [-0.4, -0.2) is 29.1 Å². The summed E-state index contributed by atoms with van der Waals surface area (Å²) in [7, 11) is 0. The topological polar surface area (TPSA) is 123 Å². The monoisotopic (exact) mass is 278 g/mol. The van der Waals surface area contributed by atoms with Gasteiger partial charge in [0, 0.05) is 11.1 Å². The van der Waals surface area contributed by atoms with Crippen LogP contribution in [0.25, 0.3) is 0 Å². The second-order valence-corrected chi connectivity index (χ2v) is 3.11. The van der Waals surface area contributed by atoms with Crippen LogP contribution >= 0.6 is 0 Å². The smallest absolute Gasteiger partial charge is 0.475 e. The number of carbonyl (C=O) groups is 3. The van der Waals surface area contributed by atoms with E-state index in [1.54, 1.807) is 0 Å². The lowest BCUT2D eigenvalue weighted by atomic mass is 10.1. The highest BCUT2D eigenvalue weighted by atomic mass is 19.4. The first-order chi connectivity index (χ1) is 8.55. The number of carboxylic acids is 1. The van der Waals surface area contributed by atoms with Crippen molar-refractivity contribution in [2.45, 2.75) is 6.18 Å². The molecule has 6 nitrogen and oxygen atoms in total. The number of alkyl halides is 3. The molecule has 2 amide bonds. The third-order valence-corrected chi connectivity index (χ3v) is 1.70. The first kappa shape index (κ1) is 16.4. The zero-order chi connectivity index (χ0) is 15.2. The molecule has 9 heteroatoms. The Morgan fingerprint density at radius 2 is 1.11 bits per heavy atom. The number of carbonyl (C=O) groups excluding carboxylic acids is 2. The summed E-state index contributed by atoms with van der Waals surface area (Å²) in [6.07, 6.45) is -5.08. The van der Waals surface area contributed by atoms with E-state index in [9.17, 15) is 22.8 Å². The van der Waals surface area contributed by atoms with Gasteiger partial charge in [-0.3, -0.25) is 9.59 Å². The van der Waals surface area contributed by atoms with Gasteiger partial charge in [-0.25, -0.2) is 4.79 Å². The van der Waals surface area contributed by atoms with Gasteiger partial charge < -0.3 is 16.6 Å². The molecule has 0 saturated carbocycles. The maximum Gasteiger partial charge on any atom is 0.490 e. The zero-order valence-electron chi connectivity index (χ0n) is 9.27. The molecule has 0 aliphatic heterocycles. The molecule has 104 valence electrons. The number of amides is 2. The van der Waals surface area contributed by atoms with Gasteiger partial charge in [-0.1, -0.05) is 0 Å². The van der Waals surface area contributed by atoms with Crippen LogP contribution in [0.15, 0.2) is 24.3 Å². The van der Waals surface area contributed by atoms with E-state index in [1.165, 1.54) is 24.3 Å². The standard InChI is InChI=1S/C8H8N2O2.C2HF3O2/c9-7(11)5-1-2-6(4-3-5)8(10)12;3-2(4,5)1(6)7/h1-4H,(H2,9,11)(H2,10,12);(H,6,7). The van der Waals surface area contributed by atoms with Gasteiger partial charge in [0.1, 0.15) is 0 Å². The molecule has 5 N–H and O–H groups in total. The van der Waals surface area contributed by atoms with E-state index in [0.717, 1.165) is 0 Å². The third-order valence-electron chi connectivity index (χ3n) is 1.70. The van der Waals surface area contributed by atoms with E-state index >= 15 is 0 Å². The third kappa shape index (κ3) is 6.05. The van der Waals surface area contributed by atoms with E-state index in [1.807, 2.05) is 0 Å². The maximum atomic E-state index is 10.6. The lowest BCUT2D eigenvalue weighted by Crippen LogP contribution is -2.21. The molecule has 1 aromatic carbocycles. The molecule has 0 bridgehead atoms. The fraction of sp³-hybridized carbons (Fsp3) is 0.100. The highest BCUT2D eigenvalue weighted by molar-refractivity contribution is 5.96. The molecule has 0 saturated heterocycles. The number of hydrogen-bond acceptors (Lipinski definition) is 3. The van der Waals surface area contributed by atoms with Crippen LogP contribution in [0.1, 0.15) is 20.7 Å². The first-order valence-corrected chi connectivity index (χ1v) is 4.55. The summed E-state index contributed by atoms with van der Waals surface area (Å²) in [4.78, 5) is 30.1. The molecule has 0 aliphatic rings. The van der Waals surface area contributed by atoms with Crippen LogP contribution in [0.2, 0.25) is 0 Å². The minimum atomic E-state index is -5.08. The van der Waals surface area contributed by atoms with Gasteiger partial charge in [0.2, 0.25) is 11.8 Å². The van der Waals surface area contributed by atoms with Gasteiger partial charge in [-0.2, -0.15) is 13.2 Å². The number of aliphatic carboxylic acids is 1. The molecular weight excluding hydrogens is 269 g/mol. The molecule has 0 spiro atoms. The van der Waals surface area contributed by atoms with Gasteiger partial charge in [0.25, 0.3) is 0 Å². The molecule has 1 aromatic rings. The Morgan fingerprint density at radius 3 is 1.21 bits per heavy atom. The minimum Gasteiger partial charge on any atom is -0.475 e. The minimum absolute atomic E-state index is 0.361. The summed E-state index contributed by atoms with van der Waals surface area (Å²) < 4.78 is 31.7. The van der Waals surface area contributed by atoms with E-state index in [-0.39, 0.29) is 0 Å². The summed E-state index contributed by atoms with van der Waals surface area (Å²) >= 11 is 0. The molecule has 0 radical (unpaired) electrons. The first-order valence-electron chi connectivity index (χ1n) is 4.55. The van der Waals surface area contributed by atoms with Gasteiger partial charge in [-0.05, 0) is 24.3 Å². The van der Waals surface area contributed by atoms with Crippen LogP contribution < -0.4 is 11.5 Å². The largest absolute Gasteiger partial charge is 0.490 e. The van der Waals surface area contributed by atoms with Crippen molar-refractivity contribution in [1.82, 2.24) is 0 Å². The Kier molecular flexibility index (Phi) is 5.51. The molecule has 0 unspecified atom stereocenters. The van der Waals surface area contributed by atoms with E-state index in [4.69, 9.17) is 21.4 Å². The van der Waals surface area contributed by atoms with Gasteiger partial charge in [-0.15, -0.1) is 0 Å². The van der Waals surface area contributed by atoms with Crippen molar-refractivity contribution < 1.29 is 32.7 Å². The van der Waals surface area contributed by atoms with Crippen molar-refractivity contribution in [3.05, 3.63) is 35.4 Å². The predicted molar refractivity (Wildman–Crippen MR) is 57.2 cm³/mol. The molecule has 1 rings (SSSR count). The van der Waals surface area contributed by atoms with E-state index in [0.29, 0.717) is 11.1 Å². The quantitative estimate of drug-likeness (QED) is 0.729. The van der Waals surface area contributed by atoms with Gasteiger partial charge >= 0.3 is 12.1 Å². The highest BCUT2D eigenvalue weighted by Gasteiger charge is 2.38. The predicted octanol–water partition coefficient (Wildman–Crippen LogP) is 0.518. The van der Waals surface area contributed by atoms with Crippen molar-refractivity contribution in [3.63, 3.8) is 0 Å². The molecular formula is C10H9F3N2O4. The summed E-state index contributed by atoms with van der Waals surface area (Å²) in [6, 6.07) is 5.84. The summed E-state index contributed by atoms with van der Waals surface area (Å²) in [5, 5.41) is 7.12. The van der Waals surface area contributed by atoms with Crippen LogP contribution in [0.4, 0.5) is 13.2 Å². The Hall–Kier alpha value is -2.58. The van der Waals surface area contributed by atoms with E-state index in [2.05, 4.69) is 0 Å².